The van der Waals surface area contributed by atoms with Gasteiger partial charge >= 0.3 is 0 Å². The van der Waals surface area contributed by atoms with E-state index in [1.807, 2.05) is 0 Å². The van der Waals surface area contributed by atoms with Gasteiger partial charge in [0.2, 0.25) is 5.90 Å². The van der Waals surface area contributed by atoms with E-state index in [4.69, 9.17) is 27.9 Å². The van der Waals surface area contributed by atoms with Crippen molar-refractivity contribution in [3.05, 3.63) is 51.7 Å². The van der Waals surface area contributed by atoms with Crippen molar-refractivity contribution in [2.24, 2.45) is 16.0 Å². The van der Waals surface area contributed by atoms with E-state index >= 15 is 0 Å². The minimum atomic E-state index is -0.341. The maximum absolute atomic E-state index is 12.3. The summed E-state index contributed by atoms with van der Waals surface area (Å²) in [6.07, 6.45) is 1.63. The van der Waals surface area contributed by atoms with Crippen molar-refractivity contribution in [2.45, 2.75) is 13.3 Å². The van der Waals surface area contributed by atoms with Gasteiger partial charge in [-0.1, -0.05) is 36.7 Å². The Bertz CT molecular complexity index is 974. The molecule has 0 radical (unpaired) electrons. The van der Waals surface area contributed by atoms with Gasteiger partial charge in [-0.25, -0.2) is 4.99 Å². The molecule has 152 valence electrons. The van der Waals surface area contributed by atoms with Crippen LogP contribution in [-0.2, 0) is 9.59 Å². The number of allylic oxidation sites excluding steroid dienone is 1. The summed E-state index contributed by atoms with van der Waals surface area (Å²) in [7, 11) is 1.70. The summed E-state index contributed by atoms with van der Waals surface area (Å²) in [5, 5.41) is 15.4. The lowest BCUT2D eigenvalue weighted by molar-refractivity contribution is -0.115. The maximum Gasteiger partial charge on any atom is 0.215 e. The molecule has 0 aromatic heterocycles. The van der Waals surface area contributed by atoms with Crippen LogP contribution in [0.3, 0.4) is 0 Å². The molecule has 9 heteroatoms. The number of aliphatic hydroxyl groups excluding tert-OH is 1. The molecule has 1 aromatic carbocycles. The third kappa shape index (κ3) is 4.42. The molecule has 0 fully saturated rings. The number of ketones is 2. The van der Waals surface area contributed by atoms with Gasteiger partial charge in [-0.2, -0.15) is 5.10 Å². The van der Waals surface area contributed by atoms with E-state index in [1.54, 1.807) is 14.0 Å². The standard InChI is InChI=1S/C20H19Cl2N3O4/c1-10(9-26)13-7-18(23-8-17(13)28)29-20-14(21)5-12(6-15(20)22)19-16(27)4-11(2)25(3)24-19/h5-7,10,26H,2,4,8-9H2,1,3H3. The number of carbonyl (C=O) groups excluding carboxylic acids is 2. The monoisotopic (exact) mass is 435 g/mol. The Labute approximate surface area is 178 Å². The summed E-state index contributed by atoms with van der Waals surface area (Å²) in [4.78, 5) is 28.4. The number of Topliss-reactive ketones (excluding diaryl/α,β-unsaturated/α-hetero) is 2. The van der Waals surface area contributed by atoms with E-state index in [9.17, 15) is 14.7 Å². The molecule has 1 aromatic rings. The van der Waals surface area contributed by atoms with Crippen LogP contribution >= 0.6 is 23.2 Å². The number of hydrogen-bond acceptors (Lipinski definition) is 7. The van der Waals surface area contributed by atoms with E-state index in [1.165, 1.54) is 23.2 Å². The highest BCUT2D eigenvalue weighted by atomic mass is 35.5. The number of ether oxygens (including phenoxy) is 1. The summed E-state index contributed by atoms with van der Waals surface area (Å²) in [5.74, 6) is -0.384. The summed E-state index contributed by atoms with van der Waals surface area (Å²) >= 11 is 12.7. The lowest BCUT2D eigenvalue weighted by atomic mass is 9.96. The number of dihydropyridines is 1. The van der Waals surface area contributed by atoms with Crippen molar-refractivity contribution < 1.29 is 19.4 Å². The van der Waals surface area contributed by atoms with Crippen LogP contribution in [0, 0.1) is 5.92 Å². The second-order valence-corrected chi connectivity index (χ2v) is 7.58. The molecule has 1 N–H and O–H groups in total. The summed E-state index contributed by atoms with van der Waals surface area (Å²) in [6.45, 7) is 5.27. The molecule has 1 atom stereocenters. The van der Waals surface area contributed by atoms with E-state index < -0.39 is 0 Å². The fourth-order valence-corrected chi connectivity index (χ4v) is 3.42. The predicted octanol–water partition coefficient (Wildman–Crippen LogP) is 3.03. The van der Waals surface area contributed by atoms with E-state index in [0.29, 0.717) is 16.8 Å². The third-order valence-electron chi connectivity index (χ3n) is 4.60. The summed E-state index contributed by atoms with van der Waals surface area (Å²) < 4.78 is 5.72. The molecule has 2 aliphatic rings. The van der Waals surface area contributed by atoms with Crippen molar-refractivity contribution in [3.63, 3.8) is 0 Å². The van der Waals surface area contributed by atoms with Crippen molar-refractivity contribution >= 4 is 46.4 Å². The zero-order valence-corrected chi connectivity index (χ0v) is 17.4. The number of nitrogens with zero attached hydrogens (tertiary/aromatic N) is 3. The molecular weight excluding hydrogens is 417 g/mol. The van der Waals surface area contributed by atoms with Crippen molar-refractivity contribution in [1.29, 1.82) is 0 Å². The molecule has 0 amide bonds. The highest BCUT2D eigenvalue weighted by Crippen LogP contribution is 2.36. The summed E-state index contributed by atoms with van der Waals surface area (Å²) in [6, 6.07) is 3.08. The first-order valence-corrected chi connectivity index (χ1v) is 9.57. The molecule has 0 saturated heterocycles. The van der Waals surface area contributed by atoms with Crippen LogP contribution in [-0.4, -0.2) is 53.5 Å². The molecule has 0 aliphatic carbocycles. The number of hydrazone groups is 1. The zero-order valence-electron chi connectivity index (χ0n) is 15.9. The van der Waals surface area contributed by atoms with E-state index in [-0.39, 0.29) is 64.5 Å². The first-order valence-electron chi connectivity index (χ1n) is 8.82. The Morgan fingerprint density at radius 3 is 2.55 bits per heavy atom. The summed E-state index contributed by atoms with van der Waals surface area (Å²) in [5.41, 5.74) is 1.71. The van der Waals surface area contributed by atoms with Gasteiger partial charge in [0.25, 0.3) is 0 Å². The molecule has 7 nitrogen and oxygen atoms in total. The Kier molecular flexibility index (Phi) is 6.21. The number of halogens is 2. The van der Waals surface area contributed by atoms with Crippen LogP contribution in [0.15, 0.2) is 46.2 Å². The smallest absolute Gasteiger partial charge is 0.215 e. The van der Waals surface area contributed by atoms with Gasteiger partial charge < -0.3 is 9.84 Å². The molecule has 1 unspecified atom stereocenters. The topological polar surface area (TPSA) is 91.6 Å². The van der Waals surface area contributed by atoms with Gasteiger partial charge in [0.15, 0.2) is 17.3 Å². The lowest BCUT2D eigenvalue weighted by Gasteiger charge is -2.23. The Hall–Kier alpha value is -2.48. The molecule has 2 aliphatic heterocycles. The zero-order chi connectivity index (χ0) is 21.3. The number of rotatable bonds is 4. The molecular formula is C20H19Cl2N3O4. The predicted molar refractivity (Wildman–Crippen MR) is 112 cm³/mol. The minimum Gasteiger partial charge on any atom is -0.436 e. The second-order valence-electron chi connectivity index (χ2n) is 6.77. The number of aliphatic hydroxyl groups is 1. The maximum atomic E-state index is 12.3. The van der Waals surface area contributed by atoms with Crippen molar-refractivity contribution in [1.82, 2.24) is 5.01 Å². The average molecular weight is 436 g/mol. The average Bonchev–Trinajstić information content (AvgIpc) is 2.68. The number of aliphatic imine (C=N–C) groups is 1. The fraction of sp³-hybridized carbons (Fsp3) is 0.300. The molecule has 0 saturated carbocycles. The normalized spacial score (nSPS) is 18.3. The molecule has 2 heterocycles. The first-order chi connectivity index (χ1) is 13.7. The van der Waals surface area contributed by atoms with Gasteiger partial charge in [0.05, 0.1) is 16.5 Å². The van der Waals surface area contributed by atoms with Crippen molar-refractivity contribution in [2.75, 3.05) is 20.2 Å². The van der Waals surface area contributed by atoms with E-state index in [2.05, 4.69) is 16.7 Å². The highest BCUT2D eigenvalue weighted by molar-refractivity contribution is 6.48. The lowest BCUT2D eigenvalue weighted by Crippen LogP contribution is -2.28. The second kappa shape index (κ2) is 8.49. The number of benzene rings is 1. The molecule has 3 rings (SSSR count). The van der Waals surface area contributed by atoms with Gasteiger partial charge in [-0.3, -0.25) is 14.6 Å². The Balaban J connectivity index is 1.91. The van der Waals surface area contributed by atoms with Crippen LogP contribution in [0.1, 0.15) is 18.9 Å². The molecule has 0 bridgehead atoms. The first kappa shape index (κ1) is 21.2. The van der Waals surface area contributed by atoms with E-state index in [0.717, 1.165) is 0 Å². The quantitative estimate of drug-likeness (QED) is 0.784. The molecule has 29 heavy (non-hydrogen) atoms. The van der Waals surface area contributed by atoms with Gasteiger partial charge in [0.1, 0.15) is 12.3 Å². The number of carbonyl (C=O) groups is 2. The van der Waals surface area contributed by atoms with Gasteiger partial charge in [0, 0.05) is 42.5 Å². The van der Waals surface area contributed by atoms with Crippen LogP contribution in [0.4, 0.5) is 0 Å². The van der Waals surface area contributed by atoms with Crippen LogP contribution in [0.2, 0.25) is 10.0 Å². The Morgan fingerprint density at radius 2 is 1.93 bits per heavy atom. The third-order valence-corrected chi connectivity index (χ3v) is 5.16. The van der Waals surface area contributed by atoms with Crippen LogP contribution in [0.5, 0.6) is 5.75 Å². The highest BCUT2D eigenvalue weighted by Gasteiger charge is 2.26. The largest absolute Gasteiger partial charge is 0.436 e. The Morgan fingerprint density at radius 1 is 1.28 bits per heavy atom. The molecule has 0 spiro atoms. The minimum absolute atomic E-state index is 0.0830. The van der Waals surface area contributed by atoms with Crippen molar-refractivity contribution in [3.8, 4) is 5.75 Å². The van der Waals surface area contributed by atoms with Gasteiger partial charge in [-0.15, -0.1) is 0 Å². The SMILES string of the molecule is C=C1CC(=O)C(c2cc(Cl)c(OC3=NCC(=O)C(C(C)CO)=C3)c(Cl)c2)=NN1C. The van der Waals surface area contributed by atoms with Crippen LogP contribution in [0.25, 0.3) is 0 Å². The van der Waals surface area contributed by atoms with Crippen LogP contribution < -0.4 is 4.74 Å². The van der Waals surface area contributed by atoms with Gasteiger partial charge in [-0.05, 0) is 12.1 Å². The fourth-order valence-electron chi connectivity index (χ4n) is 2.85. The number of hydrogen-bond donors (Lipinski definition) is 1.